The van der Waals surface area contributed by atoms with E-state index in [2.05, 4.69) is 0 Å². The molecule has 4 heteroatoms. The molecule has 0 spiro atoms. The zero-order chi connectivity index (χ0) is 11.3. The molecule has 0 unspecified atom stereocenters. The van der Waals surface area contributed by atoms with Crippen molar-refractivity contribution in [2.75, 3.05) is 7.11 Å². The molecule has 0 fully saturated rings. The number of aryl methyl sites for hydroxylation is 1. The monoisotopic (exact) mass is 209 g/mol. The molecular weight excluding hydrogens is 194 g/mol. The zero-order valence-electron chi connectivity index (χ0n) is 8.64. The highest BCUT2D eigenvalue weighted by molar-refractivity contribution is 5.73. The average molecular weight is 209 g/mol. The molecular formula is C11H15NO3. The Bertz CT molecular complexity index is 321. The lowest BCUT2D eigenvalue weighted by atomic mass is 10.1. The van der Waals surface area contributed by atoms with Gasteiger partial charge in [-0.2, -0.15) is 0 Å². The van der Waals surface area contributed by atoms with Crippen molar-refractivity contribution < 1.29 is 14.6 Å². The highest BCUT2D eigenvalue weighted by Gasteiger charge is 2.10. The maximum atomic E-state index is 10.5. The zero-order valence-corrected chi connectivity index (χ0v) is 8.64. The molecule has 4 nitrogen and oxygen atoms in total. The van der Waals surface area contributed by atoms with Crippen molar-refractivity contribution in [3.8, 4) is 5.75 Å². The summed E-state index contributed by atoms with van der Waals surface area (Å²) in [7, 11) is 1.61. The molecule has 0 bridgehead atoms. The SMILES string of the molecule is COc1ccc(CC[C@H](N)C(=O)O)cc1. The molecule has 0 aliphatic heterocycles. The number of methoxy groups -OCH3 is 1. The van der Waals surface area contributed by atoms with Crippen molar-refractivity contribution in [3.05, 3.63) is 29.8 Å². The number of ether oxygens (including phenoxy) is 1. The number of carboxylic acid groups (broad SMARTS) is 1. The van der Waals surface area contributed by atoms with Gasteiger partial charge in [-0.3, -0.25) is 4.79 Å². The molecule has 0 saturated carbocycles. The number of benzene rings is 1. The van der Waals surface area contributed by atoms with E-state index in [4.69, 9.17) is 15.6 Å². The van der Waals surface area contributed by atoms with Crippen molar-refractivity contribution in [3.63, 3.8) is 0 Å². The van der Waals surface area contributed by atoms with E-state index >= 15 is 0 Å². The van der Waals surface area contributed by atoms with Gasteiger partial charge in [-0.25, -0.2) is 0 Å². The normalized spacial score (nSPS) is 12.1. The molecule has 1 rings (SSSR count). The average Bonchev–Trinajstić information content (AvgIpc) is 2.26. The number of hydrogen-bond donors (Lipinski definition) is 2. The maximum absolute atomic E-state index is 10.5. The number of aliphatic carboxylic acids is 1. The fourth-order valence-electron chi connectivity index (χ4n) is 1.24. The van der Waals surface area contributed by atoms with Crippen LogP contribution >= 0.6 is 0 Å². The summed E-state index contributed by atoms with van der Waals surface area (Å²) in [5.74, 6) is -0.162. The van der Waals surface area contributed by atoms with E-state index in [-0.39, 0.29) is 0 Å². The fraction of sp³-hybridized carbons (Fsp3) is 0.364. The van der Waals surface area contributed by atoms with E-state index in [0.717, 1.165) is 11.3 Å². The van der Waals surface area contributed by atoms with Crippen molar-refractivity contribution in [1.29, 1.82) is 0 Å². The van der Waals surface area contributed by atoms with Gasteiger partial charge >= 0.3 is 5.97 Å². The number of carboxylic acids is 1. The summed E-state index contributed by atoms with van der Waals surface area (Å²) in [6.07, 6.45) is 1.11. The van der Waals surface area contributed by atoms with Gasteiger partial charge in [-0.1, -0.05) is 12.1 Å². The van der Waals surface area contributed by atoms with Crippen LogP contribution in [-0.4, -0.2) is 24.2 Å². The smallest absolute Gasteiger partial charge is 0.320 e. The van der Waals surface area contributed by atoms with Crippen molar-refractivity contribution in [1.82, 2.24) is 0 Å². The van der Waals surface area contributed by atoms with Crippen LogP contribution in [0.1, 0.15) is 12.0 Å². The van der Waals surface area contributed by atoms with Crippen LogP contribution in [0.15, 0.2) is 24.3 Å². The first kappa shape index (κ1) is 11.5. The summed E-state index contributed by atoms with van der Waals surface area (Å²) >= 11 is 0. The summed E-state index contributed by atoms with van der Waals surface area (Å²) in [4.78, 5) is 10.5. The van der Waals surface area contributed by atoms with Gasteiger partial charge in [0.1, 0.15) is 11.8 Å². The van der Waals surface area contributed by atoms with E-state index in [1.165, 1.54) is 0 Å². The Morgan fingerprint density at radius 1 is 1.47 bits per heavy atom. The van der Waals surface area contributed by atoms with Crippen LogP contribution < -0.4 is 10.5 Å². The van der Waals surface area contributed by atoms with Gasteiger partial charge in [0.05, 0.1) is 7.11 Å². The van der Waals surface area contributed by atoms with Crippen molar-refractivity contribution in [2.24, 2.45) is 5.73 Å². The Morgan fingerprint density at radius 2 is 2.07 bits per heavy atom. The largest absolute Gasteiger partial charge is 0.497 e. The van der Waals surface area contributed by atoms with Gasteiger partial charge in [0, 0.05) is 0 Å². The predicted molar refractivity (Wildman–Crippen MR) is 56.9 cm³/mol. The molecule has 0 radical (unpaired) electrons. The summed E-state index contributed by atoms with van der Waals surface area (Å²) in [6, 6.07) is 6.73. The molecule has 0 saturated heterocycles. The second kappa shape index (κ2) is 5.36. The predicted octanol–water partition coefficient (Wildman–Crippen LogP) is 1.04. The Kier molecular flexibility index (Phi) is 4.12. The molecule has 0 aromatic heterocycles. The Labute approximate surface area is 88.7 Å². The third-order valence-corrected chi connectivity index (χ3v) is 2.22. The van der Waals surface area contributed by atoms with Crippen LogP contribution in [0.3, 0.4) is 0 Å². The number of nitrogens with two attached hydrogens (primary N) is 1. The molecule has 0 aliphatic rings. The Morgan fingerprint density at radius 3 is 2.53 bits per heavy atom. The highest BCUT2D eigenvalue weighted by Crippen LogP contribution is 2.12. The van der Waals surface area contributed by atoms with Gasteiger partial charge in [0.2, 0.25) is 0 Å². The second-order valence-corrected chi connectivity index (χ2v) is 3.33. The molecule has 1 aromatic carbocycles. The van der Waals surface area contributed by atoms with Crippen LogP contribution in [0.2, 0.25) is 0 Å². The fourth-order valence-corrected chi connectivity index (χ4v) is 1.24. The first-order chi connectivity index (χ1) is 7.13. The minimum absolute atomic E-state index is 0.446. The van der Waals surface area contributed by atoms with E-state index in [1.54, 1.807) is 7.11 Å². The van der Waals surface area contributed by atoms with Crippen LogP contribution in [0.25, 0.3) is 0 Å². The Hall–Kier alpha value is -1.55. The summed E-state index contributed by atoms with van der Waals surface area (Å²) < 4.78 is 5.01. The highest BCUT2D eigenvalue weighted by atomic mass is 16.5. The quantitative estimate of drug-likeness (QED) is 0.760. The van der Waals surface area contributed by atoms with Crippen LogP contribution in [0, 0.1) is 0 Å². The van der Waals surface area contributed by atoms with E-state index in [9.17, 15) is 4.79 Å². The number of carbonyl (C=O) groups is 1. The Balaban J connectivity index is 2.47. The van der Waals surface area contributed by atoms with Gasteiger partial charge < -0.3 is 15.6 Å². The van der Waals surface area contributed by atoms with E-state index in [0.29, 0.717) is 12.8 Å². The molecule has 15 heavy (non-hydrogen) atoms. The van der Waals surface area contributed by atoms with Crippen molar-refractivity contribution >= 4 is 5.97 Å². The standard InChI is InChI=1S/C11H15NO3/c1-15-9-5-2-8(3-6-9)4-7-10(12)11(13)14/h2-3,5-6,10H,4,7,12H2,1H3,(H,13,14)/t10-/m0/s1. The van der Waals surface area contributed by atoms with E-state index < -0.39 is 12.0 Å². The maximum Gasteiger partial charge on any atom is 0.320 e. The number of rotatable bonds is 5. The van der Waals surface area contributed by atoms with Crippen LogP contribution in [-0.2, 0) is 11.2 Å². The van der Waals surface area contributed by atoms with E-state index in [1.807, 2.05) is 24.3 Å². The first-order valence-corrected chi connectivity index (χ1v) is 4.75. The molecule has 3 N–H and O–H groups in total. The van der Waals surface area contributed by atoms with Crippen LogP contribution in [0.4, 0.5) is 0 Å². The molecule has 1 aromatic rings. The van der Waals surface area contributed by atoms with Crippen LogP contribution in [0.5, 0.6) is 5.75 Å². The third-order valence-electron chi connectivity index (χ3n) is 2.22. The van der Waals surface area contributed by atoms with Gasteiger partial charge in [0.15, 0.2) is 0 Å². The summed E-state index contributed by atoms with van der Waals surface area (Å²) in [5, 5.41) is 8.60. The number of hydrogen-bond acceptors (Lipinski definition) is 3. The molecule has 82 valence electrons. The minimum atomic E-state index is -0.955. The lowest BCUT2D eigenvalue weighted by Crippen LogP contribution is -2.30. The molecule has 0 aliphatic carbocycles. The molecule has 0 heterocycles. The van der Waals surface area contributed by atoms with Gasteiger partial charge in [-0.15, -0.1) is 0 Å². The first-order valence-electron chi connectivity index (χ1n) is 4.75. The lowest BCUT2D eigenvalue weighted by Gasteiger charge is -2.06. The lowest BCUT2D eigenvalue weighted by molar-refractivity contribution is -0.138. The van der Waals surface area contributed by atoms with Gasteiger partial charge in [0.25, 0.3) is 0 Å². The molecule has 0 amide bonds. The third kappa shape index (κ3) is 3.59. The van der Waals surface area contributed by atoms with Crippen molar-refractivity contribution in [2.45, 2.75) is 18.9 Å². The second-order valence-electron chi connectivity index (χ2n) is 3.33. The topological polar surface area (TPSA) is 72.5 Å². The molecule has 1 atom stereocenters. The van der Waals surface area contributed by atoms with Gasteiger partial charge in [-0.05, 0) is 30.5 Å². The summed E-state index contributed by atoms with van der Waals surface area (Å²) in [5.41, 5.74) is 6.46. The minimum Gasteiger partial charge on any atom is -0.497 e. The summed E-state index contributed by atoms with van der Waals surface area (Å²) in [6.45, 7) is 0.